The van der Waals surface area contributed by atoms with Crippen LogP contribution in [0.1, 0.15) is 97.3 Å². The molecule has 0 fully saturated rings. The fraction of sp³-hybridized carbons (Fsp3) is 1.00. The highest BCUT2D eigenvalue weighted by molar-refractivity contribution is 4.56. The van der Waals surface area contributed by atoms with Crippen LogP contribution in [-0.2, 0) is 0 Å². The van der Waals surface area contributed by atoms with Crippen molar-refractivity contribution in [3.63, 3.8) is 0 Å². The summed E-state index contributed by atoms with van der Waals surface area (Å²) < 4.78 is 0. The minimum absolute atomic E-state index is 0.0552. The molecule has 0 amide bonds. The van der Waals surface area contributed by atoms with E-state index in [0.717, 1.165) is 25.7 Å². The second-order valence-electron chi connectivity index (χ2n) is 6.05. The van der Waals surface area contributed by atoms with E-state index in [0.29, 0.717) is 0 Å². The van der Waals surface area contributed by atoms with E-state index in [2.05, 4.69) is 6.92 Å². The zero-order valence-corrected chi connectivity index (χ0v) is 13.2. The van der Waals surface area contributed by atoms with Crippen molar-refractivity contribution < 1.29 is 10.2 Å². The van der Waals surface area contributed by atoms with Gasteiger partial charge in [-0.05, 0) is 26.2 Å². The summed E-state index contributed by atoms with van der Waals surface area (Å²) in [5.74, 6) is 0. The van der Waals surface area contributed by atoms with Crippen molar-refractivity contribution >= 4 is 0 Å². The van der Waals surface area contributed by atoms with Crippen molar-refractivity contribution in [2.24, 2.45) is 0 Å². The third-order valence-corrected chi connectivity index (χ3v) is 3.80. The summed E-state index contributed by atoms with van der Waals surface area (Å²) in [6, 6.07) is 0. The van der Waals surface area contributed by atoms with Gasteiger partial charge in [0.25, 0.3) is 0 Å². The van der Waals surface area contributed by atoms with Crippen LogP contribution in [0, 0.1) is 0 Å². The third-order valence-electron chi connectivity index (χ3n) is 3.80. The van der Waals surface area contributed by atoms with Crippen LogP contribution >= 0.6 is 0 Å². The number of unbranched alkanes of at least 4 members (excludes halogenated alkanes) is 8. The van der Waals surface area contributed by atoms with E-state index in [1.54, 1.807) is 0 Å². The fourth-order valence-electron chi connectivity index (χ4n) is 2.46. The largest absolute Gasteiger partial charge is 0.393 e. The van der Waals surface area contributed by atoms with Crippen LogP contribution in [-0.4, -0.2) is 22.4 Å². The number of rotatable bonds is 14. The molecule has 0 aliphatic carbocycles. The zero-order chi connectivity index (χ0) is 14.3. The summed E-state index contributed by atoms with van der Waals surface area (Å²) >= 11 is 0. The van der Waals surface area contributed by atoms with E-state index in [1.165, 1.54) is 57.8 Å². The molecule has 0 spiro atoms. The lowest BCUT2D eigenvalue weighted by Crippen LogP contribution is -2.05. The molecule has 0 aromatic heterocycles. The lowest BCUT2D eigenvalue weighted by molar-refractivity contribution is 0.148. The minimum Gasteiger partial charge on any atom is -0.393 e. The molecule has 0 aliphatic heterocycles. The van der Waals surface area contributed by atoms with Crippen LogP contribution in [0.4, 0.5) is 0 Å². The van der Waals surface area contributed by atoms with Crippen LogP contribution in [0.25, 0.3) is 0 Å². The third kappa shape index (κ3) is 15.9. The lowest BCUT2D eigenvalue weighted by atomic mass is 10.0. The van der Waals surface area contributed by atoms with E-state index in [1.807, 2.05) is 6.92 Å². The number of aliphatic hydroxyl groups excluding tert-OH is 2. The van der Waals surface area contributed by atoms with Crippen molar-refractivity contribution in [2.75, 3.05) is 0 Å². The molecule has 0 radical (unpaired) electrons. The van der Waals surface area contributed by atoms with Crippen LogP contribution in [0.15, 0.2) is 0 Å². The molecule has 2 atom stereocenters. The van der Waals surface area contributed by atoms with Crippen LogP contribution in [0.5, 0.6) is 0 Å². The monoisotopic (exact) mass is 272 g/mol. The maximum atomic E-state index is 9.70. The van der Waals surface area contributed by atoms with E-state index in [9.17, 15) is 5.11 Å². The van der Waals surface area contributed by atoms with E-state index in [4.69, 9.17) is 5.11 Å². The molecule has 19 heavy (non-hydrogen) atoms. The van der Waals surface area contributed by atoms with Gasteiger partial charge < -0.3 is 10.2 Å². The van der Waals surface area contributed by atoms with Gasteiger partial charge in [-0.25, -0.2) is 0 Å². The molecule has 0 rings (SSSR count). The van der Waals surface area contributed by atoms with Gasteiger partial charge in [0, 0.05) is 0 Å². The molecule has 0 aromatic carbocycles. The summed E-state index contributed by atoms with van der Waals surface area (Å²) in [6.07, 6.45) is 15.3. The Hall–Kier alpha value is -0.0800. The molecule has 0 saturated heterocycles. The first-order valence-corrected chi connectivity index (χ1v) is 8.53. The van der Waals surface area contributed by atoms with Crippen molar-refractivity contribution in [3.05, 3.63) is 0 Å². The van der Waals surface area contributed by atoms with Gasteiger partial charge in [0.05, 0.1) is 12.2 Å². The lowest BCUT2D eigenvalue weighted by Gasteiger charge is -2.09. The molecule has 0 aromatic rings. The second-order valence-corrected chi connectivity index (χ2v) is 6.05. The summed E-state index contributed by atoms with van der Waals surface area (Å²) in [6.45, 7) is 4.04. The Bertz CT molecular complexity index is 169. The Morgan fingerprint density at radius 1 is 0.632 bits per heavy atom. The van der Waals surface area contributed by atoms with Gasteiger partial charge in [-0.3, -0.25) is 0 Å². The highest BCUT2D eigenvalue weighted by Gasteiger charge is 2.02. The Balaban J connectivity index is 3.06. The quantitative estimate of drug-likeness (QED) is 0.445. The molecule has 0 heterocycles. The first-order valence-electron chi connectivity index (χ1n) is 8.53. The maximum Gasteiger partial charge on any atom is 0.0540 e. The van der Waals surface area contributed by atoms with Gasteiger partial charge in [0.15, 0.2) is 0 Å². The Morgan fingerprint density at radius 2 is 1.05 bits per heavy atom. The molecule has 0 aliphatic rings. The van der Waals surface area contributed by atoms with Crippen molar-refractivity contribution in [2.45, 2.75) is 110 Å². The van der Waals surface area contributed by atoms with E-state index in [-0.39, 0.29) is 12.2 Å². The predicted molar refractivity (Wildman–Crippen MR) is 83.4 cm³/mol. The molecule has 116 valence electrons. The average Bonchev–Trinajstić information content (AvgIpc) is 2.38. The predicted octanol–water partition coefficient (Wildman–Crippen LogP) is 4.82. The number of hydrogen-bond donors (Lipinski definition) is 2. The second kappa shape index (κ2) is 14.3. The van der Waals surface area contributed by atoms with Gasteiger partial charge in [0.2, 0.25) is 0 Å². The first-order chi connectivity index (χ1) is 9.16. The average molecular weight is 272 g/mol. The van der Waals surface area contributed by atoms with Gasteiger partial charge in [0.1, 0.15) is 0 Å². The van der Waals surface area contributed by atoms with Gasteiger partial charge >= 0.3 is 0 Å². The van der Waals surface area contributed by atoms with E-state index < -0.39 is 0 Å². The summed E-state index contributed by atoms with van der Waals surface area (Å²) in [4.78, 5) is 0. The van der Waals surface area contributed by atoms with E-state index >= 15 is 0 Å². The van der Waals surface area contributed by atoms with Gasteiger partial charge in [-0.1, -0.05) is 71.1 Å². The molecule has 2 heteroatoms. The molecule has 0 bridgehead atoms. The van der Waals surface area contributed by atoms with Crippen LogP contribution in [0.3, 0.4) is 0 Å². The Labute approximate surface area is 120 Å². The molecular formula is C17H36O2. The molecule has 0 saturated carbocycles. The van der Waals surface area contributed by atoms with Gasteiger partial charge in [-0.15, -0.1) is 0 Å². The normalized spacial score (nSPS) is 14.5. The smallest absolute Gasteiger partial charge is 0.0540 e. The zero-order valence-electron chi connectivity index (χ0n) is 13.2. The standard InChI is InChI=1S/C17H36O2/c1-3-4-14-17(19)15-12-10-8-6-5-7-9-11-13-16(2)18/h16-19H,3-15H2,1-2H3/t16-,17-/m1/s1. The molecule has 2 nitrogen and oxygen atoms in total. The molecule has 0 unspecified atom stereocenters. The fourth-order valence-corrected chi connectivity index (χ4v) is 2.46. The highest BCUT2D eigenvalue weighted by atomic mass is 16.3. The minimum atomic E-state index is -0.126. The van der Waals surface area contributed by atoms with Crippen molar-refractivity contribution in [1.29, 1.82) is 0 Å². The Kier molecular flexibility index (Phi) is 14.3. The van der Waals surface area contributed by atoms with Gasteiger partial charge in [-0.2, -0.15) is 0 Å². The molecule has 2 N–H and O–H groups in total. The summed E-state index contributed by atoms with van der Waals surface area (Å²) in [7, 11) is 0. The topological polar surface area (TPSA) is 40.5 Å². The number of hydrogen-bond acceptors (Lipinski definition) is 2. The van der Waals surface area contributed by atoms with Crippen molar-refractivity contribution in [3.8, 4) is 0 Å². The maximum absolute atomic E-state index is 9.70. The summed E-state index contributed by atoms with van der Waals surface area (Å²) in [5.41, 5.74) is 0. The SMILES string of the molecule is CCCC[C@@H](O)CCCCCCCCCC[C@@H](C)O. The van der Waals surface area contributed by atoms with Crippen molar-refractivity contribution in [1.82, 2.24) is 0 Å². The Morgan fingerprint density at radius 3 is 1.53 bits per heavy atom. The summed E-state index contributed by atoms with van der Waals surface area (Å²) in [5, 5.41) is 18.8. The number of aliphatic hydroxyl groups is 2. The molecular weight excluding hydrogens is 236 g/mol. The first kappa shape index (κ1) is 18.9. The van der Waals surface area contributed by atoms with Crippen LogP contribution in [0.2, 0.25) is 0 Å². The highest BCUT2D eigenvalue weighted by Crippen LogP contribution is 2.13. The van der Waals surface area contributed by atoms with Crippen LogP contribution < -0.4 is 0 Å².